The van der Waals surface area contributed by atoms with E-state index in [1.165, 1.54) is 0 Å². The molecule has 1 aliphatic rings. The maximum absolute atomic E-state index is 11.7. The summed E-state index contributed by atoms with van der Waals surface area (Å²) in [5.74, 6) is 0.381. The van der Waals surface area contributed by atoms with Gasteiger partial charge in [-0.3, -0.25) is 0 Å². The Bertz CT molecular complexity index is 660. The highest BCUT2D eigenvalue weighted by Crippen LogP contribution is 2.26. The minimum Gasteiger partial charge on any atom is -0.462 e. The van der Waals surface area contributed by atoms with Crippen LogP contribution in [0.2, 0.25) is 0 Å². The van der Waals surface area contributed by atoms with Gasteiger partial charge in [-0.2, -0.15) is 0 Å². The fourth-order valence-corrected chi connectivity index (χ4v) is 2.99. The summed E-state index contributed by atoms with van der Waals surface area (Å²) in [6.45, 7) is 4.01. The van der Waals surface area contributed by atoms with Crippen LogP contribution in [0.4, 0.5) is 11.6 Å². The maximum Gasteiger partial charge on any atom is 0.338 e. The average Bonchev–Trinajstić information content (AvgIpc) is 3.10. The van der Waals surface area contributed by atoms with Gasteiger partial charge in [-0.05, 0) is 50.1 Å². The van der Waals surface area contributed by atoms with Gasteiger partial charge in [0.15, 0.2) is 0 Å². The van der Waals surface area contributed by atoms with E-state index in [-0.39, 0.29) is 5.97 Å². The lowest BCUT2D eigenvalue weighted by molar-refractivity contribution is 0.0526. The van der Waals surface area contributed by atoms with Crippen molar-refractivity contribution in [3.8, 4) is 0 Å². The number of carbonyl (C=O) groups excluding carboxylic acids is 1. The van der Waals surface area contributed by atoms with E-state index in [0.29, 0.717) is 24.2 Å². The molecule has 1 unspecified atom stereocenters. The van der Waals surface area contributed by atoms with Gasteiger partial charge in [0.1, 0.15) is 0 Å². The number of hydrogen-bond acceptors (Lipinski definition) is 6. The van der Waals surface area contributed by atoms with E-state index in [0.717, 1.165) is 31.6 Å². The number of benzene rings is 1. The minimum absolute atomic E-state index is 0.273. The van der Waals surface area contributed by atoms with Crippen molar-refractivity contribution in [1.29, 1.82) is 0 Å². The number of carbonyl (C=O) groups is 1. The molecular weight excluding hydrogens is 304 g/mol. The Morgan fingerprint density at radius 1 is 1.29 bits per heavy atom. The maximum atomic E-state index is 11.7. The molecule has 24 heavy (non-hydrogen) atoms. The number of rotatable bonds is 6. The first-order chi connectivity index (χ1) is 11.8. The van der Waals surface area contributed by atoms with Gasteiger partial charge in [-0.1, -0.05) is 0 Å². The molecule has 1 fully saturated rings. The van der Waals surface area contributed by atoms with Gasteiger partial charge < -0.3 is 15.0 Å². The number of nitrogens with one attached hydrogen (secondary N) is 1. The van der Waals surface area contributed by atoms with Gasteiger partial charge in [0.2, 0.25) is 5.95 Å². The molecule has 1 aromatic carbocycles. The second-order valence-electron chi connectivity index (χ2n) is 5.71. The summed E-state index contributed by atoms with van der Waals surface area (Å²) in [5.41, 5.74) is 1.72. The molecule has 0 amide bonds. The van der Waals surface area contributed by atoms with Crippen molar-refractivity contribution in [3.05, 3.63) is 48.3 Å². The largest absolute Gasteiger partial charge is 0.462 e. The van der Waals surface area contributed by atoms with Crippen molar-refractivity contribution < 1.29 is 9.53 Å². The van der Waals surface area contributed by atoms with Crippen LogP contribution in [0.3, 0.4) is 0 Å². The second kappa shape index (κ2) is 7.77. The SMILES string of the molecule is CCOC(=O)c1ccc(N2CCCC2CNc2ncccn2)cc1. The average molecular weight is 326 g/mol. The smallest absolute Gasteiger partial charge is 0.338 e. The lowest BCUT2D eigenvalue weighted by atomic mass is 10.1. The van der Waals surface area contributed by atoms with Crippen LogP contribution in [-0.2, 0) is 4.74 Å². The molecule has 0 bridgehead atoms. The zero-order valence-corrected chi connectivity index (χ0v) is 13.8. The highest BCUT2D eigenvalue weighted by Gasteiger charge is 2.24. The molecule has 6 nitrogen and oxygen atoms in total. The van der Waals surface area contributed by atoms with E-state index < -0.39 is 0 Å². The summed E-state index contributed by atoms with van der Waals surface area (Å²) in [4.78, 5) is 22.5. The first-order valence-corrected chi connectivity index (χ1v) is 8.32. The minimum atomic E-state index is -0.273. The Balaban J connectivity index is 1.63. The molecule has 126 valence electrons. The number of anilines is 2. The highest BCUT2D eigenvalue weighted by atomic mass is 16.5. The van der Waals surface area contributed by atoms with Crippen molar-refractivity contribution in [2.75, 3.05) is 29.9 Å². The van der Waals surface area contributed by atoms with Gasteiger partial charge in [-0.25, -0.2) is 14.8 Å². The molecule has 1 atom stereocenters. The molecule has 3 rings (SSSR count). The van der Waals surface area contributed by atoms with E-state index in [4.69, 9.17) is 4.74 Å². The summed E-state index contributed by atoms with van der Waals surface area (Å²) < 4.78 is 5.03. The van der Waals surface area contributed by atoms with Crippen molar-refractivity contribution in [2.24, 2.45) is 0 Å². The second-order valence-corrected chi connectivity index (χ2v) is 5.71. The summed E-state index contributed by atoms with van der Waals surface area (Å²) in [7, 11) is 0. The summed E-state index contributed by atoms with van der Waals surface area (Å²) in [6, 6.07) is 9.83. The molecule has 1 saturated heterocycles. The van der Waals surface area contributed by atoms with Crippen LogP contribution < -0.4 is 10.2 Å². The number of hydrogen-bond donors (Lipinski definition) is 1. The predicted molar refractivity (Wildman–Crippen MR) is 93.3 cm³/mol. The third-order valence-corrected chi connectivity index (χ3v) is 4.15. The number of ether oxygens (including phenoxy) is 1. The number of nitrogens with zero attached hydrogens (tertiary/aromatic N) is 3. The number of esters is 1. The van der Waals surface area contributed by atoms with Crippen LogP contribution in [0.25, 0.3) is 0 Å². The zero-order valence-electron chi connectivity index (χ0n) is 13.8. The molecule has 0 saturated carbocycles. The van der Waals surface area contributed by atoms with Crippen molar-refractivity contribution in [1.82, 2.24) is 9.97 Å². The molecule has 0 radical (unpaired) electrons. The fourth-order valence-electron chi connectivity index (χ4n) is 2.99. The van der Waals surface area contributed by atoms with Crippen LogP contribution in [0.15, 0.2) is 42.7 Å². The lowest BCUT2D eigenvalue weighted by Gasteiger charge is -2.27. The molecule has 6 heteroatoms. The Hall–Kier alpha value is -2.63. The van der Waals surface area contributed by atoms with Crippen molar-refractivity contribution in [2.45, 2.75) is 25.8 Å². The Labute approximate surface area is 141 Å². The van der Waals surface area contributed by atoms with Gasteiger partial charge in [-0.15, -0.1) is 0 Å². The van der Waals surface area contributed by atoms with Crippen molar-refractivity contribution in [3.63, 3.8) is 0 Å². The molecule has 1 aliphatic heterocycles. The van der Waals surface area contributed by atoms with Gasteiger partial charge in [0.05, 0.1) is 12.2 Å². The highest BCUT2D eigenvalue weighted by molar-refractivity contribution is 5.89. The molecular formula is C18H22N4O2. The van der Waals surface area contributed by atoms with E-state index in [1.54, 1.807) is 18.5 Å². The van der Waals surface area contributed by atoms with Gasteiger partial charge in [0, 0.05) is 37.2 Å². The molecule has 2 aromatic rings. The fraction of sp³-hybridized carbons (Fsp3) is 0.389. The topological polar surface area (TPSA) is 67.3 Å². The first-order valence-electron chi connectivity index (χ1n) is 8.32. The third-order valence-electron chi connectivity index (χ3n) is 4.15. The van der Waals surface area contributed by atoms with E-state index >= 15 is 0 Å². The van der Waals surface area contributed by atoms with Crippen LogP contribution in [0.5, 0.6) is 0 Å². The monoisotopic (exact) mass is 326 g/mol. The van der Waals surface area contributed by atoms with Crippen LogP contribution in [0, 0.1) is 0 Å². The summed E-state index contributed by atoms with van der Waals surface area (Å²) in [6.07, 6.45) is 5.74. The normalized spacial score (nSPS) is 16.9. The Morgan fingerprint density at radius 3 is 2.75 bits per heavy atom. The quantitative estimate of drug-likeness (QED) is 0.823. The Morgan fingerprint density at radius 2 is 2.04 bits per heavy atom. The molecule has 0 aliphatic carbocycles. The number of aromatic nitrogens is 2. The summed E-state index contributed by atoms with van der Waals surface area (Å²) in [5, 5.41) is 3.29. The zero-order chi connectivity index (χ0) is 16.8. The molecule has 1 N–H and O–H groups in total. The van der Waals surface area contributed by atoms with Crippen LogP contribution in [-0.4, -0.2) is 41.7 Å². The van der Waals surface area contributed by atoms with Crippen LogP contribution in [0.1, 0.15) is 30.1 Å². The first kappa shape index (κ1) is 16.2. The van der Waals surface area contributed by atoms with E-state index in [2.05, 4.69) is 20.2 Å². The van der Waals surface area contributed by atoms with E-state index in [1.807, 2.05) is 31.2 Å². The molecule has 0 spiro atoms. The summed E-state index contributed by atoms with van der Waals surface area (Å²) >= 11 is 0. The Kier molecular flexibility index (Phi) is 5.25. The van der Waals surface area contributed by atoms with Gasteiger partial charge >= 0.3 is 5.97 Å². The lowest BCUT2D eigenvalue weighted by Crippen LogP contribution is -2.35. The molecule has 1 aromatic heterocycles. The van der Waals surface area contributed by atoms with Crippen molar-refractivity contribution >= 4 is 17.6 Å². The standard InChI is InChI=1S/C18H22N4O2/c1-2-24-17(23)14-6-8-15(9-7-14)22-12-3-5-16(22)13-21-18-19-10-4-11-20-18/h4,6-11,16H,2-3,5,12-13H2,1H3,(H,19,20,21). The van der Waals surface area contributed by atoms with Gasteiger partial charge in [0.25, 0.3) is 0 Å². The molecule has 2 heterocycles. The third kappa shape index (κ3) is 3.82. The van der Waals surface area contributed by atoms with E-state index in [9.17, 15) is 4.79 Å². The predicted octanol–water partition coefficient (Wildman–Crippen LogP) is 2.73. The van der Waals surface area contributed by atoms with Crippen LogP contribution >= 0.6 is 0 Å².